The fraction of sp³-hybridized carbons (Fsp3) is 0.674. The molecule has 1 N–H and O–H groups in total. The largest absolute Gasteiger partial charge is 0.370 e. The van der Waals surface area contributed by atoms with E-state index in [9.17, 15) is 0 Å². The average Bonchev–Trinajstić information content (AvgIpc) is 3.75. The normalized spacial score (nSPS) is 43.0. The van der Waals surface area contributed by atoms with Crippen molar-refractivity contribution in [1.29, 1.82) is 0 Å². The Kier molecular flexibility index (Phi) is 7.99. The van der Waals surface area contributed by atoms with Crippen molar-refractivity contribution in [3.63, 3.8) is 0 Å². The molecule has 3 nitrogen and oxygen atoms in total. The summed E-state index contributed by atoms with van der Waals surface area (Å²) in [5.41, 5.74) is 13.0. The third kappa shape index (κ3) is 5.26. The van der Waals surface area contributed by atoms with Crippen molar-refractivity contribution in [2.75, 3.05) is 6.54 Å². The van der Waals surface area contributed by atoms with E-state index in [1.807, 2.05) is 11.1 Å². The first-order valence-electron chi connectivity index (χ1n) is 19.5. The Labute approximate surface area is 279 Å². The highest BCUT2D eigenvalue weighted by atomic mass is 16.5. The number of rotatable bonds is 5. The second-order valence-corrected chi connectivity index (χ2v) is 17.2. The van der Waals surface area contributed by atoms with Crippen LogP contribution in [-0.2, 0) is 4.74 Å². The zero-order chi connectivity index (χ0) is 30.8. The topological polar surface area (TPSA) is 24.5 Å². The number of nitrogens with zero attached hydrogens (tertiary/aromatic N) is 1. The number of hydrogen-bond acceptors (Lipinski definition) is 3. The lowest BCUT2D eigenvalue weighted by Gasteiger charge is -2.43. The van der Waals surface area contributed by atoms with Gasteiger partial charge in [-0.25, -0.2) is 10.4 Å². The van der Waals surface area contributed by atoms with Crippen molar-refractivity contribution in [2.24, 2.45) is 40.9 Å². The average molecular weight is 619 g/mol. The monoisotopic (exact) mass is 618 g/mol. The molecule has 0 aromatic rings. The quantitative estimate of drug-likeness (QED) is 0.311. The molecular weight excluding hydrogens is 560 g/mol. The third-order valence-corrected chi connectivity index (χ3v) is 14.5. The molecule has 10 unspecified atom stereocenters. The smallest absolute Gasteiger partial charge is 0.0835 e. The highest BCUT2D eigenvalue weighted by molar-refractivity contribution is 5.36. The van der Waals surface area contributed by atoms with Gasteiger partial charge < -0.3 is 4.74 Å². The summed E-state index contributed by atoms with van der Waals surface area (Å²) in [4.78, 5) is 0. The number of hydrazine groups is 1. The van der Waals surface area contributed by atoms with Gasteiger partial charge in [0.2, 0.25) is 0 Å². The zero-order valence-electron chi connectivity index (χ0n) is 28.6. The second kappa shape index (κ2) is 12.2. The summed E-state index contributed by atoms with van der Waals surface area (Å²) in [5.74, 6) is 4.73. The van der Waals surface area contributed by atoms with Crippen molar-refractivity contribution in [3.8, 4) is 0 Å². The highest BCUT2D eigenvalue weighted by Gasteiger charge is 2.51. The van der Waals surface area contributed by atoms with Crippen LogP contribution in [-0.4, -0.2) is 35.8 Å². The number of ether oxygens (including phenoxy) is 1. The highest BCUT2D eigenvalue weighted by Crippen LogP contribution is 2.61. The van der Waals surface area contributed by atoms with Crippen LogP contribution in [0.4, 0.5) is 0 Å². The van der Waals surface area contributed by atoms with Gasteiger partial charge >= 0.3 is 0 Å². The SMILES string of the molecule is CC1(C)C2=C(CCCC2)C2CCC(C3CC=C(C4CC(C5=CCCC=C5)NN4CC4=CC5OC6CCC=CC6C5C=C4)CC3)CC21. The molecule has 0 aromatic heterocycles. The van der Waals surface area contributed by atoms with Gasteiger partial charge in [-0.2, -0.15) is 0 Å². The molecule has 46 heavy (non-hydrogen) atoms. The van der Waals surface area contributed by atoms with E-state index < -0.39 is 0 Å². The molecule has 2 aliphatic heterocycles. The van der Waals surface area contributed by atoms with Crippen molar-refractivity contribution in [2.45, 2.75) is 134 Å². The maximum absolute atomic E-state index is 6.61. The van der Waals surface area contributed by atoms with Crippen LogP contribution in [0.15, 0.2) is 82.5 Å². The van der Waals surface area contributed by atoms with E-state index in [4.69, 9.17) is 4.74 Å². The van der Waals surface area contributed by atoms with Crippen LogP contribution in [0.3, 0.4) is 0 Å². The van der Waals surface area contributed by atoms with Gasteiger partial charge in [0.15, 0.2) is 0 Å². The summed E-state index contributed by atoms with van der Waals surface area (Å²) in [5, 5.41) is 2.63. The number of fused-ring (bicyclic) bond motifs is 5. The van der Waals surface area contributed by atoms with E-state index in [0.717, 1.165) is 30.2 Å². The minimum Gasteiger partial charge on any atom is -0.370 e. The molecule has 9 aliphatic rings. The van der Waals surface area contributed by atoms with E-state index in [2.05, 4.69) is 79.0 Å². The summed E-state index contributed by atoms with van der Waals surface area (Å²) < 4.78 is 6.61. The molecule has 246 valence electrons. The van der Waals surface area contributed by atoms with E-state index in [0.29, 0.717) is 35.4 Å². The van der Waals surface area contributed by atoms with Crippen molar-refractivity contribution < 1.29 is 4.74 Å². The summed E-state index contributed by atoms with van der Waals surface area (Å²) in [7, 11) is 0. The predicted molar refractivity (Wildman–Crippen MR) is 189 cm³/mol. The molecule has 0 aromatic carbocycles. The molecular formula is C43H58N2O. The second-order valence-electron chi connectivity index (χ2n) is 17.2. The molecule has 2 saturated heterocycles. The van der Waals surface area contributed by atoms with E-state index in [1.165, 1.54) is 107 Å². The molecule has 3 fully saturated rings. The Hall–Kier alpha value is -1.94. The van der Waals surface area contributed by atoms with Gasteiger partial charge in [0.05, 0.1) is 12.2 Å². The van der Waals surface area contributed by atoms with Gasteiger partial charge in [-0.1, -0.05) is 85.3 Å². The van der Waals surface area contributed by atoms with E-state index in [-0.39, 0.29) is 6.10 Å². The van der Waals surface area contributed by atoms with Crippen LogP contribution in [0, 0.1) is 40.9 Å². The molecule has 9 rings (SSSR count). The molecule has 2 heterocycles. The van der Waals surface area contributed by atoms with Crippen LogP contribution < -0.4 is 5.43 Å². The van der Waals surface area contributed by atoms with Crippen LogP contribution in [0.2, 0.25) is 0 Å². The number of allylic oxidation sites excluding steroid dienone is 6. The van der Waals surface area contributed by atoms with Gasteiger partial charge in [-0.3, -0.25) is 0 Å². The summed E-state index contributed by atoms with van der Waals surface area (Å²) in [6, 6.07) is 0.917. The third-order valence-electron chi connectivity index (χ3n) is 14.5. The Bertz CT molecular complexity index is 1420. The van der Waals surface area contributed by atoms with Crippen LogP contribution in [0.5, 0.6) is 0 Å². The van der Waals surface area contributed by atoms with Gasteiger partial charge in [0.25, 0.3) is 0 Å². The van der Waals surface area contributed by atoms with Gasteiger partial charge in [0.1, 0.15) is 0 Å². The summed E-state index contributed by atoms with van der Waals surface area (Å²) >= 11 is 0. The van der Waals surface area contributed by atoms with Gasteiger partial charge in [-0.05, 0) is 137 Å². The maximum atomic E-state index is 6.61. The predicted octanol–water partition coefficient (Wildman–Crippen LogP) is 9.73. The minimum absolute atomic E-state index is 0.244. The molecule has 10 atom stereocenters. The lowest BCUT2D eigenvalue weighted by Crippen LogP contribution is -2.42. The summed E-state index contributed by atoms with van der Waals surface area (Å²) in [6.07, 6.45) is 42.9. The molecule has 7 aliphatic carbocycles. The Morgan fingerprint density at radius 2 is 1.80 bits per heavy atom. The first kappa shape index (κ1) is 30.1. The lowest BCUT2D eigenvalue weighted by atomic mass is 9.61. The molecule has 0 amide bonds. The molecule has 0 radical (unpaired) electrons. The minimum atomic E-state index is 0.244. The first-order valence-corrected chi connectivity index (χ1v) is 19.5. The van der Waals surface area contributed by atoms with Crippen LogP contribution in [0.25, 0.3) is 0 Å². The fourth-order valence-corrected chi connectivity index (χ4v) is 12.1. The summed E-state index contributed by atoms with van der Waals surface area (Å²) in [6.45, 7) is 6.20. The van der Waals surface area contributed by atoms with Crippen LogP contribution in [0.1, 0.15) is 110 Å². The number of hydrogen-bond donors (Lipinski definition) is 1. The van der Waals surface area contributed by atoms with Crippen LogP contribution >= 0.6 is 0 Å². The first-order chi connectivity index (χ1) is 22.5. The fourth-order valence-electron chi connectivity index (χ4n) is 12.1. The molecule has 0 spiro atoms. The standard InChI is InChI=1S/C43H58N2O/c1-43(2)37-14-8-6-12-33(37)34-23-21-32(25-38(34)43)29-17-19-31(20-18-29)40-26-39(30-10-4-3-5-11-30)44-45(40)27-28-16-22-36-35-13-7-9-15-41(35)46-42(36)24-28/h4,7,10-11,13,16,19,22,24,29,32,34-36,38-42,44H,3,5-6,8-9,12,14-15,17-18,20-21,23,25-27H2,1-2H3. The van der Waals surface area contributed by atoms with Gasteiger partial charge in [0, 0.05) is 30.5 Å². The van der Waals surface area contributed by atoms with E-state index >= 15 is 0 Å². The molecule has 1 saturated carbocycles. The Morgan fingerprint density at radius 1 is 0.870 bits per heavy atom. The number of nitrogens with one attached hydrogen (secondary N) is 1. The van der Waals surface area contributed by atoms with Crippen molar-refractivity contribution in [3.05, 3.63) is 82.5 Å². The Balaban J connectivity index is 0.894. The molecule has 3 heteroatoms. The maximum Gasteiger partial charge on any atom is 0.0835 e. The lowest BCUT2D eigenvalue weighted by molar-refractivity contribution is 0.0522. The van der Waals surface area contributed by atoms with Crippen molar-refractivity contribution >= 4 is 0 Å². The van der Waals surface area contributed by atoms with Gasteiger partial charge in [-0.15, -0.1) is 0 Å². The van der Waals surface area contributed by atoms with Crippen molar-refractivity contribution in [1.82, 2.24) is 10.4 Å². The zero-order valence-corrected chi connectivity index (χ0v) is 28.6. The van der Waals surface area contributed by atoms with E-state index in [1.54, 1.807) is 5.57 Å². The molecule has 0 bridgehead atoms. The Morgan fingerprint density at radius 3 is 2.67 bits per heavy atom.